The molecular formula is C14H22N2O. The van der Waals surface area contributed by atoms with E-state index in [-0.39, 0.29) is 0 Å². The SMILES string of the molecule is COc1cccc(N(C)C2CCNCC2C)c1. The van der Waals surface area contributed by atoms with Crippen molar-refractivity contribution in [2.45, 2.75) is 19.4 Å². The zero-order valence-corrected chi connectivity index (χ0v) is 10.9. The van der Waals surface area contributed by atoms with Crippen molar-refractivity contribution in [1.29, 1.82) is 0 Å². The molecule has 0 saturated carbocycles. The van der Waals surface area contributed by atoms with Gasteiger partial charge in [0, 0.05) is 24.8 Å². The van der Waals surface area contributed by atoms with Crippen LogP contribution in [0.4, 0.5) is 5.69 Å². The molecule has 0 bridgehead atoms. The Hall–Kier alpha value is -1.22. The topological polar surface area (TPSA) is 24.5 Å². The van der Waals surface area contributed by atoms with Crippen LogP contribution in [0.1, 0.15) is 13.3 Å². The molecule has 1 N–H and O–H groups in total. The molecule has 0 aliphatic carbocycles. The Bertz CT molecular complexity index is 367. The fraction of sp³-hybridized carbons (Fsp3) is 0.571. The van der Waals surface area contributed by atoms with E-state index in [0.717, 1.165) is 18.8 Å². The minimum Gasteiger partial charge on any atom is -0.497 e. The number of ether oxygens (including phenoxy) is 1. The van der Waals surface area contributed by atoms with Crippen molar-refractivity contribution in [2.75, 3.05) is 32.1 Å². The Labute approximate surface area is 104 Å². The fourth-order valence-electron chi connectivity index (χ4n) is 2.60. The molecule has 1 fully saturated rings. The van der Waals surface area contributed by atoms with Gasteiger partial charge in [-0.25, -0.2) is 0 Å². The van der Waals surface area contributed by atoms with Gasteiger partial charge in [-0.2, -0.15) is 0 Å². The molecule has 3 nitrogen and oxygen atoms in total. The quantitative estimate of drug-likeness (QED) is 0.867. The van der Waals surface area contributed by atoms with Crippen LogP contribution in [0.15, 0.2) is 24.3 Å². The molecule has 1 aliphatic rings. The summed E-state index contributed by atoms with van der Waals surface area (Å²) in [6.45, 7) is 4.54. The molecule has 2 atom stereocenters. The Balaban J connectivity index is 2.14. The summed E-state index contributed by atoms with van der Waals surface area (Å²) in [4.78, 5) is 2.38. The number of hydrogen-bond acceptors (Lipinski definition) is 3. The highest BCUT2D eigenvalue weighted by Gasteiger charge is 2.24. The van der Waals surface area contributed by atoms with Crippen LogP contribution in [-0.2, 0) is 0 Å². The highest BCUT2D eigenvalue weighted by Crippen LogP contribution is 2.26. The van der Waals surface area contributed by atoms with E-state index in [1.807, 2.05) is 6.07 Å². The van der Waals surface area contributed by atoms with E-state index in [0.29, 0.717) is 12.0 Å². The van der Waals surface area contributed by atoms with E-state index >= 15 is 0 Å². The third-order valence-electron chi connectivity index (χ3n) is 3.70. The average Bonchev–Trinajstić information content (AvgIpc) is 2.38. The van der Waals surface area contributed by atoms with Crippen molar-refractivity contribution < 1.29 is 4.74 Å². The largest absolute Gasteiger partial charge is 0.497 e. The minimum absolute atomic E-state index is 0.614. The van der Waals surface area contributed by atoms with Gasteiger partial charge >= 0.3 is 0 Å². The van der Waals surface area contributed by atoms with Gasteiger partial charge in [-0.15, -0.1) is 0 Å². The van der Waals surface area contributed by atoms with Gasteiger partial charge in [0.05, 0.1) is 7.11 Å². The van der Waals surface area contributed by atoms with E-state index in [2.05, 4.69) is 42.4 Å². The molecule has 1 aromatic rings. The van der Waals surface area contributed by atoms with E-state index < -0.39 is 0 Å². The highest BCUT2D eigenvalue weighted by molar-refractivity contribution is 5.51. The smallest absolute Gasteiger partial charge is 0.120 e. The fourth-order valence-corrected chi connectivity index (χ4v) is 2.60. The second-order valence-corrected chi connectivity index (χ2v) is 4.85. The lowest BCUT2D eigenvalue weighted by atomic mass is 9.93. The molecule has 2 unspecified atom stereocenters. The van der Waals surface area contributed by atoms with Crippen molar-refractivity contribution in [3.8, 4) is 5.75 Å². The summed E-state index contributed by atoms with van der Waals surface area (Å²) in [5.74, 6) is 1.61. The first-order valence-electron chi connectivity index (χ1n) is 6.30. The lowest BCUT2D eigenvalue weighted by molar-refractivity contribution is 0.339. The molecule has 1 saturated heterocycles. The number of rotatable bonds is 3. The zero-order chi connectivity index (χ0) is 12.3. The van der Waals surface area contributed by atoms with Crippen LogP contribution >= 0.6 is 0 Å². The predicted octanol–water partition coefficient (Wildman–Crippen LogP) is 2.13. The predicted molar refractivity (Wildman–Crippen MR) is 71.8 cm³/mol. The minimum atomic E-state index is 0.614. The summed E-state index contributed by atoms with van der Waals surface area (Å²) in [5, 5.41) is 3.44. The first-order valence-corrected chi connectivity index (χ1v) is 6.30. The van der Waals surface area contributed by atoms with Crippen molar-refractivity contribution in [1.82, 2.24) is 5.32 Å². The van der Waals surface area contributed by atoms with E-state index in [1.165, 1.54) is 12.1 Å². The first-order chi connectivity index (χ1) is 8.22. The van der Waals surface area contributed by atoms with Crippen LogP contribution in [0.2, 0.25) is 0 Å². The van der Waals surface area contributed by atoms with Crippen molar-refractivity contribution in [2.24, 2.45) is 5.92 Å². The normalized spacial score (nSPS) is 24.4. The van der Waals surface area contributed by atoms with E-state index in [4.69, 9.17) is 4.74 Å². The average molecular weight is 234 g/mol. The van der Waals surface area contributed by atoms with Gasteiger partial charge in [-0.05, 0) is 37.6 Å². The highest BCUT2D eigenvalue weighted by atomic mass is 16.5. The summed E-state index contributed by atoms with van der Waals surface area (Å²) >= 11 is 0. The van der Waals surface area contributed by atoms with Gasteiger partial charge in [0.15, 0.2) is 0 Å². The van der Waals surface area contributed by atoms with Gasteiger partial charge in [0.2, 0.25) is 0 Å². The Morgan fingerprint density at radius 2 is 2.24 bits per heavy atom. The maximum absolute atomic E-state index is 5.28. The number of anilines is 1. The van der Waals surface area contributed by atoms with Gasteiger partial charge in [0.1, 0.15) is 5.75 Å². The second-order valence-electron chi connectivity index (χ2n) is 4.85. The van der Waals surface area contributed by atoms with Crippen LogP contribution in [-0.4, -0.2) is 33.3 Å². The number of benzene rings is 1. The van der Waals surface area contributed by atoms with Crippen LogP contribution in [0.5, 0.6) is 5.75 Å². The van der Waals surface area contributed by atoms with Crippen molar-refractivity contribution in [3.63, 3.8) is 0 Å². The summed E-state index contributed by atoms with van der Waals surface area (Å²) in [6.07, 6.45) is 1.20. The summed E-state index contributed by atoms with van der Waals surface area (Å²) in [5.41, 5.74) is 1.24. The van der Waals surface area contributed by atoms with Gasteiger partial charge < -0.3 is 15.0 Å². The van der Waals surface area contributed by atoms with Crippen molar-refractivity contribution >= 4 is 5.69 Å². The number of nitrogens with zero attached hydrogens (tertiary/aromatic N) is 1. The molecule has 0 amide bonds. The number of piperidine rings is 1. The van der Waals surface area contributed by atoms with E-state index in [1.54, 1.807) is 7.11 Å². The molecule has 1 heterocycles. The van der Waals surface area contributed by atoms with Gasteiger partial charge in [0.25, 0.3) is 0 Å². The number of hydrogen-bond donors (Lipinski definition) is 1. The number of nitrogens with one attached hydrogen (secondary N) is 1. The molecule has 0 aromatic heterocycles. The van der Waals surface area contributed by atoms with Crippen LogP contribution in [0.25, 0.3) is 0 Å². The third kappa shape index (κ3) is 2.72. The molecule has 0 radical (unpaired) electrons. The Morgan fingerprint density at radius 1 is 1.41 bits per heavy atom. The maximum atomic E-state index is 5.28. The standard InChI is InChI=1S/C14H22N2O/c1-11-10-15-8-7-14(11)16(2)12-5-4-6-13(9-12)17-3/h4-6,9,11,14-15H,7-8,10H2,1-3H3. The van der Waals surface area contributed by atoms with Crippen molar-refractivity contribution in [3.05, 3.63) is 24.3 Å². The molecule has 3 heteroatoms. The van der Waals surface area contributed by atoms with Crippen LogP contribution in [0.3, 0.4) is 0 Å². The van der Waals surface area contributed by atoms with Gasteiger partial charge in [-0.3, -0.25) is 0 Å². The third-order valence-corrected chi connectivity index (χ3v) is 3.70. The van der Waals surface area contributed by atoms with Crippen LogP contribution in [0, 0.1) is 5.92 Å². The van der Waals surface area contributed by atoms with E-state index in [9.17, 15) is 0 Å². The maximum Gasteiger partial charge on any atom is 0.120 e. The number of methoxy groups -OCH3 is 1. The molecule has 17 heavy (non-hydrogen) atoms. The summed E-state index contributed by atoms with van der Waals surface area (Å²) in [6, 6.07) is 8.91. The molecular weight excluding hydrogens is 212 g/mol. The van der Waals surface area contributed by atoms with Gasteiger partial charge in [-0.1, -0.05) is 13.0 Å². The molecule has 1 aliphatic heterocycles. The lowest BCUT2D eigenvalue weighted by Gasteiger charge is -2.38. The van der Waals surface area contributed by atoms with Crippen LogP contribution < -0.4 is 15.0 Å². The molecule has 0 spiro atoms. The monoisotopic (exact) mass is 234 g/mol. The molecule has 2 rings (SSSR count). The Morgan fingerprint density at radius 3 is 2.94 bits per heavy atom. The summed E-state index contributed by atoms with van der Waals surface area (Å²) < 4.78 is 5.28. The lowest BCUT2D eigenvalue weighted by Crippen LogP contribution is -2.47. The zero-order valence-electron chi connectivity index (χ0n) is 10.9. The first kappa shape index (κ1) is 12.2. The second kappa shape index (κ2) is 5.41. The molecule has 1 aromatic carbocycles. The molecule has 94 valence electrons. The Kier molecular flexibility index (Phi) is 3.89. The summed E-state index contributed by atoms with van der Waals surface area (Å²) in [7, 11) is 3.90.